The second kappa shape index (κ2) is 14.3. The van der Waals surface area contributed by atoms with Crippen molar-refractivity contribution in [2.24, 2.45) is 0 Å². The van der Waals surface area contributed by atoms with E-state index < -0.39 is 0 Å². The predicted molar refractivity (Wildman–Crippen MR) is 133 cm³/mol. The van der Waals surface area contributed by atoms with E-state index in [4.69, 9.17) is 4.52 Å². The minimum Gasteiger partial charge on any atom is -0.345 e. The van der Waals surface area contributed by atoms with Gasteiger partial charge in [0.05, 0.1) is 11.4 Å². The van der Waals surface area contributed by atoms with Gasteiger partial charge < -0.3 is 9.42 Å². The van der Waals surface area contributed by atoms with Gasteiger partial charge in [-0.05, 0) is 49.2 Å². The Balaban J connectivity index is 0.000000241. The van der Waals surface area contributed by atoms with Crippen molar-refractivity contribution < 1.29 is 18.2 Å². The highest BCUT2D eigenvalue weighted by atomic mass is 32.2. The van der Waals surface area contributed by atoms with E-state index in [1.165, 1.54) is 30.9 Å². The van der Waals surface area contributed by atoms with E-state index in [9.17, 15) is 13.7 Å². The highest BCUT2D eigenvalue weighted by molar-refractivity contribution is 8.00. The van der Waals surface area contributed by atoms with Gasteiger partial charge in [0.15, 0.2) is 0 Å². The Kier molecular flexibility index (Phi) is 11.5. The summed E-state index contributed by atoms with van der Waals surface area (Å²) in [5.74, 6) is 1.30. The molecule has 0 aliphatic heterocycles. The molecule has 3 aromatic rings. The van der Waals surface area contributed by atoms with E-state index in [1.807, 2.05) is 19.1 Å². The lowest BCUT2D eigenvalue weighted by atomic mass is 10.2. The second-order valence-electron chi connectivity index (χ2n) is 7.67. The minimum atomic E-state index is -0.265. The molecule has 3 rings (SSSR count). The molecule has 0 aliphatic rings. The molecule has 0 fully saturated rings. The number of unbranched alkanes of at least 4 members (excludes halogenated alkanes) is 1. The smallest absolute Gasteiger partial charge is 0.232 e. The lowest BCUT2D eigenvalue weighted by Gasteiger charge is -2.17. The van der Waals surface area contributed by atoms with Crippen LogP contribution in [0.5, 0.6) is 0 Å². The van der Waals surface area contributed by atoms with Crippen LogP contribution in [0.15, 0.2) is 57.9 Å². The third kappa shape index (κ3) is 8.78. The molecular formula is C25H32F2N4O2S. The van der Waals surface area contributed by atoms with E-state index in [-0.39, 0.29) is 11.7 Å². The Labute approximate surface area is 204 Å². The Morgan fingerprint density at radius 1 is 1.06 bits per heavy atom. The summed E-state index contributed by atoms with van der Waals surface area (Å²) in [6.07, 6.45) is 3.86. The lowest BCUT2D eigenvalue weighted by molar-refractivity contribution is -0.127. The van der Waals surface area contributed by atoms with Gasteiger partial charge in [0.25, 0.3) is 0 Å². The number of amides is 1. The number of carbonyl (C=O) groups excluding carboxylic acids is 1. The Morgan fingerprint density at radius 2 is 1.76 bits per heavy atom. The first-order valence-corrected chi connectivity index (χ1v) is 12.3. The monoisotopic (exact) mass is 490 g/mol. The summed E-state index contributed by atoms with van der Waals surface area (Å²) < 4.78 is 31.0. The minimum absolute atomic E-state index is 0.0677. The number of anilines is 1. The van der Waals surface area contributed by atoms with Gasteiger partial charge in [0, 0.05) is 37.5 Å². The summed E-state index contributed by atoms with van der Waals surface area (Å²) in [5, 5.41) is 4.43. The van der Waals surface area contributed by atoms with Crippen molar-refractivity contribution in [2.45, 2.75) is 44.4 Å². The molecule has 6 nitrogen and oxygen atoms in total. The number of benzene rings is 2. The lowest BCUT2D eigenvalue weighted by Crippen LogP contribution is -2.28. The third-order valence-corrected chi connectivity index (χ3v) is 5.90. The fourth-order valence-electron chi connectivity index (χ4n) is 2.94. The Bertz CT molecular complexity index is 1010. The van der Waals surface area contributed by atoms with Gasteiger partial charge in [-0.25, -0.2) is 9.51 Å². The quantitative estimate of drug-likeness (QED) is 0.250. The van der Waals surface area contributed by atoms with E-state index in [0.29, 0.717) is 28.3 Å². The van der Waals surface area contributed by atoms with Crippen LogP contribution >= 0.6 is 11.8 Å². The molecule has 0 atom stereocenters. The van der Waals surface area contributed by atoms with E-state index in [0.717, 1.165) is 42.7 Å². The summed E-state index contributed by atoms with van der Waals surface area (Å²) in [5.41, 5.74) is 1.27. The van der Waals surface area contributed by atoms with Crippen LogP contribution in [0.3, 0.4) is 0 Å². The van der Waals surface area contributed by atoms with Crippen LogP contribution in [-0.2, 0) is 11.2 Å². The fourth-order valence-corrected chi connectivity index (χ4v) is 3.96. The fraction of sp³-hybridized carbons (Fsp3) is 0.400. The van der Waals surface area contributed by atoms with Crippen molar-refractivity contribution in [3.8, 4) is 11.4 Å². The summed E-state index contributed by atoms with van der Waals surface area (Å²) >= 11 is 1.36. The topological polar surface area (TPSA) is 62.5 Å². The number of aryl methyl sites for hydroxylation is 1. The standard InChI is InChI=1S/C13H19FN2OS.C12H13FN2O/c1-4-9-15(2)13(17)10-18-12-8-6-5-7-11(12)16(3)14;1-2-3-4-11-14-12(15-16-11)9-5-7-10(13)8-6-9/h5-8H,4,9-10H2,1-3H3;5-8H,2-4H2,1H3. The molecule has 184 valence electrons. The molecule has 0 saturated carbocycles. The van der Waals surface area contributed by atoms with Crippen LogP contribution in [0, 0.1) is 5.82 Å². The number of para-hydroxylation sites is 1. The normalized spacial score (nSPS) is 10.4. The SMILES string of the molecule is CCCCc1nc(-c2ccc(F)cc2)no1.CCCN(C)C(=O)CSc1ccccc1N(C)F. The molecule has 0 unspecified atom stereocenters. The average Bonchev–Trinajstić information content (AvgIpc) is 3.31. The molecule has 0 saturated heterocycles. The number of halogens is 2. The molecule has 0 N–H and O–H groups in total. The maximum absolute atomic E-state index is 13.2. The van der Waals surface area contributed by atoms with Crippen molar-refractivity contribution >= 4 is 23.4 Å². The van der Waals surface area contributed by atoms with Gasteiger partial charge in [-0.1, -0.05) is 37.6 Å². The zero-order valence-corrected chi connectivity index (χ0v) is 20.9. The maximum atomic E-state index is 13.2. The first-order chi connectivity index (χ1) is 16.3. The molecule has 34 heavy (non-hydrogen) atoms. The number of nitrogens with zero attached hydrogens (tertiary/aromatic N) is 4. The molecule has 0 bridgehead atoms. The number of thioether (sulfide) groups is 1. The molecule has 1 amide bonds. The van der Waals surface area contributed by atoms with Crippen molar-refractivity contribution in [1.82, 2.24) is 15.0 Å². The van der Waals surface area contributed by atoms with Crippen LogP contribution in [0.25, 0.3) is 11.4 Å². The zero-order chi connectivity index (χ0) is 24.9. The van der Waals surface area contributed by atoms with E-state index in [1.54, 1.807) is 36.2 Å². The van der Waals surface area contributed by atoms with Crippen LogP contribution in [0.1, 0.15) is 39.0 Å². The molecule has 2 aromatic carbocycles. The summed E-state index contributed by atoms with van der Waals surface area (Å²) in [6.45, 7) is 4.89. The number of carbonyl (C=O) groups is 1. The number of hydrogen-bond donors (Lipinski definition) is 0. The van der Waals surface area contributed by atoms with Crippen LogP contribution in [0.2, 0.25) is 0 Å². The molecule has 1 heterocycles. The molecule has 0 spiro atoms. The van der Waals surface area contributed by atoms with Crippen molar-refractivity contribution in [3.63, 3.8) is 0 Å². The van der Waals surface area contributed by atoms with Crippen molar-refractivity contribution in [2.75, 3.05) is 31.5 Å². The first-order valence-electron chi connectivity index (χ1n) is 11.3. The van der Waals surface area contributed by atoms with E-state index in [2.05, 4.69) is 17.1 Å². The Hall–Kier alpha value is -2.94. The van der Waals surface area contributed by atoms with Crippen LogP contribution in [0.4, 0.5) is 14.6 Å². The Morgan fingerprint density at radius 3 is 2.41 bits per heavy atom. The van der Waals surface area contributed by atoms with Gasteiger partial charge in [-0.2, -0.15) is 4.98 Å². The zero-order valence-electron chi connectivity index (χ0n) is 20.1. The molecule has 1 aromatic heterocycles. The highest BCUT2D eigenvalue weighted by Crippen LogP contribution is 2.29. The molecule has 9 heteroatoms. The number of aromatic nitrogens is 2. The largest absolute Gasteiger partial charge is 0.345 e. The third-order valence-electron chi connectivity index (χ3n) is 4.85. The molecular weight excluding hydrogens is 458 g/mol. The second-order valence-corrected chi connectivity index (χ2v) is 8.69. The molecule has 0 radical (unpaired) electrons. The summed E-state index contributed by atoms with van der Waals surface area (Å²) in [4.78, 5) is 18.5. The predicted octanol–water partition coefficient (Wildman–Crippen LogP) is 6.19. The van der Waals surface area contributed by atoms with Gasteiger partial charge in [-0.3, -0.25) is 4.79 Å². The highest BCUT2D eigenvalue weighted by Gasteiger charge is 2.12. The average molecular weight is 491 g/mol. The van der Waals surface area contributed by atoms with Gasteiger partial charge in [0.2, 0.25) is 17.6 Å². The van der Waals surface area contributed by atoms with Crippen LogP contribution < -0.4 is 5.12 Å². The van der Waals surface area contributed by atoms with Gasteiger partial charge in [0.1, 0.15) is 5.82 Å². The maximum Gasteiger partial charge on any atom is 0.232 e. The number of rotatable bonds is 10. The summed E-state index contributed by atoms with van der Waals surface area (Å²) in [6, 6.07) is 13.2. The van der Waals surface area contributed by atoms with Crippen molar-refractivity contribution in [1.29, 1.82) is 0 Å². The first kappa shape index (κ1) is 27.3. The molecule has 0 aliphatic carbocycles. The summed E-state index contributed by atoms with van der Waals surface area (Å²) in [7, 11) is 3.14. The van der Waals surface area contributed by atoms with E-state index >= 15 is 0 Å². The van der Waals surface area contributed by atoms with Crippen molar-refractivity contribution in [3.05, 3.63) is 60.2 Å². The van der Waals surface area contributed by atoms with Gasteiger partial charge in [-0.15, -0.1) is 16.2 Å². The van der Waals surface area contributed by atoms with Gasteiger partial charge >= 0.3 is 0 Å². The number of hydrogen-bond acceptors (Lipinski definition) is 6. The van der Waals surface area contributed by atoms with Crippen LogP contribution in [-0.4, -0.2) is 47.3 Å².